The molecular weight excluding hydrogens is 933 g/mol. The Labute approximate surface area is 393 Å². The number of ether oxygens (including phenoxy) is 8. The lowest BCUT2D eigenvalue weighted by Gasteiger charge is -2.32. The second-order valence-electron chi connectivity index (χ2n) is 20.4. The van der Waals surface area contributed by atoms with Crippen LogP contribution in [0.25, 0.3) is 0 Å². The minimum atomic E-state index is -4.64. The molecule has 4 aliphatic heterocycles. The van der Waals surface area contributed by atoms with Gasteiger partial charge in [-0.2, -0.15) is 0 Å². The second-order valence-corrected chi connectivity index (χ2v) is 23.7. The van der Waals surface area contributed by atoms with Gasteiger partial charge >= 0.3 is 7.60 Å². The molecule has 4 heterocycles. The first-order chi connectivity index (χ1) is 30.1. The van der Waals surface area contributed by atoms with Crippen LogP contribution in [0.4, 0.5) is 0 Å². The van der Waals surface area contributed by atoms with E-state index < -0.39 is 130 Å². The summed E-state index contributed by atoms with van der Waals surface area (Å²) in [5.74, 6) is -1.83. The molecule has 18 atom stereocenters. The summed E-state index contributed by atoms with van der Waals surface area (Å²) in [7, 11) is -7.25. The largest absolute Gasteiger partial charge is 0.756 e. The number of hydrogen-bond donors (Lipinski definition) is 3. The molecule has 0 radical (unpaired) electrons. The standard InChI is InChI=1S/C22H41O11P.C20H39O9P.HOP/c1-12-17(25)19(32-22(6,7)8)15(31-12)10-29-34(27,11-16(23)24)33-20-14(9-28-21(3,4)5)30-13(2)18(20)26;1-11(2)24-9-15-12(3)18(14(5)27-15)29-30(22,23)25-10-16-19(28-20(6,7)8)17(21)13(4)26-16;1-2/h12-15,17-20,25-26H,9-11H2,1-8H3,(H,23,24);11-19,21H,9-10H2,1-8H3,(H,22,23);2H/p-2/t12-,13-,14+,15+,17?,18?,19-,20-,34?;12-,13-,14-,15+,16+,17?,18?,19-;/m00./s1. The quantitative estimate of drug-likeness (QED) is 0.157. The van der Waals surface area contributed by atoms with Gasteiger partial charge in [-0.05, 0) is 104 Å². The predicted molar refractivity (Wildman–Crippen MR) is 236 cm³/mol. The van der Waals surface area contributed by atoms with Crippen molar-refractivity contribution in [3.8, 4) is 0 Å². The highest BCUT2D eigenvalue weighted by Gasteiger charge is 2.50. The van der Waals surface area contributed by atoms with Crippen molar-refractivity contribution in [2.24, 2.45) is 5.92 Å². The van der Waals surface area contributed by atoms with Crippen LogP contribution in [0.1, 0.15) is 111 Å². The van der Waals surface area contributed by atoms with Gasteiger partial charge in [0.25, 0.3) is 7.82 Å². The molecule has 0 aromatic heterocycles. The molecule has 0 amide bonds. The van der Waals surface area contributed by atoms with E-state index in [1.165, 1.54) is 0 Å². The summed E-state index contributed by atoms with van der Waals surface area (Å²) in [6.45, 7) is 28.7. The van der Waals surface area contributed by atoms with Gasteiger partial charge in [0.1, 0.15) is 64.1 Å². The molecule has 0 aromatic rings. The van der Waals surface area contributed by atoms with Crippen molar-refractivity contribution < 1.29 is 99.8 Å². The lowest BCUT2D eigenvalue weighted by atomic mass is 9.99. The summed E-state index contributed by atoms with van der Waals surface area (Å²) < 4.78 is 102. The molecular formula is C42H79O21P3-2. The number of phosphoric ester groups is 1. The Kier molecular flexibility index (Phi) is 23.9. The SMILES string of the molecule is CC(C)OC[C@H]1O[C@@H](C)C(OP(=O)([O-])OC[C@H]2O[C@@H](C)C(O)[C@H]2OC(C)(C)C)[C@H]1C.C[C@@H]1O[C@H](COP(=O)(CC(=O)[O-])O[C@@H]2C(O)[C@H](C)O[C@@H]2COC(C)(C)C)[C@H](OC(C)(C)C)C1O.O=P. The molecule has 66 heavy (non-hydrogen) atoms. The number of hydrogen-bond acceptors (Lipinski definition) is 21. The smallest absolute Gasteiger partial charge is 0.336 e. The van der Waals surface area contributed by atoms with Crippen molar-refractivity contribution >= 4 is 30.5 Å². The first-order valence-corrected chi connectivity index (χ1v) is 25.9. The zero-order valence-electron chi connectivity index (χ0n) is 41.4. The van der Waals surface area contributed by atoms with Gasteiger partial charge in [-0.3, -0.25) is 18.2 Å². The highest BCUT2D eigenvalue weighted by Crippen LogP contribution is 2.52. The molecule has 4 saturated heterocycles. The fourth-order valence-electron chi connectivity index (χ4n) is 7.50. The van der Waals surface area contributed by atoms with E-state index in [1.807, 2.05) is 83.1 Å². The molecule has 3 N–H and O–H groups in total. The summed E-state index contributed by atoms with van der Waals surface area (Å²) in [5, 5.41) is 42.7. The zero-order chi connectivity index (χ0) is 50.9. The minimum Gasteiger partial charge on any atom is -0.756 e. The number of aliphatic hydroxyl groups excluding tert-OH is 3. The fourth-order valence-corrected chi connectivity index (χ4v) is 10.1. The summed E-state index contributed by atoms with van der Waals surface area (Å²) in [5.41, 5.74) is -1.65. The molecule has 4 rings (SSSR count). The van der Waals surface area contributed by atoms with Gasteiger partial charge in [-0.25, -0.2) is 0 Å². The van der Waals surface area contributed by atoms with Crippen LogP contribution in [-0.4, -0.2) is 168 Å². The molecule has 4 aliphatic rings. The number of carbonyl (C=O) groups excluding carboxylic acids is 1. The van der Waals surface area contributed by atoms with Crippen molar-refractivity contribution in [3.05, 3.63) is 0 Å². The number of carbonyl (C=O) groups is 1. The monoisotopic (exact) mass is 1010 g/mol. The molecule has 21 nitrogen and oxygen atoms in total. The van der Waals surface area contributed by atoms with Gasteiger partial charge in [0.05, 0.1) is 98.1 Å². The van der Waals surface area contributed by atoms with Crippen LogP contribution in [0.5, 0.6) is 0 Å². The van der Waals surface area contributed by atoms with Crippen molar-refractivity contribution in [2.45, 2.75) is 225 Å². The third-order valence-corrected chi connectivity index (χ3v) is 13.3. The number of aliphatic carboxylic acids is 1. The van der Waals surface area contributed by atoms with Crippen LogP contribution in [-0.2, 0) is 74.5 Å². The van der Waals surface area contributed by atoms with Crippen LogP contribution in [0.3, 0.4) is 0 Å². The van der Waals surface area contributed by atoms with E-state index in [0.717, 1.165) is 0 Å². The van der Waals surface area contributed by atoms with Gasteiger partial charge in [-0.15, -0.1) is 0 Å². The average Bonchev–Trinajstić information content (AvgIpc) is 3.80. The van der Waals surface area contributed by atoms with Crippen LogP contribution in [0.2, 0.25) is 0 Å². The first kappa shape index (κ1) is 61.5. The van der Waals surface area contributed by atoms with E-state index in [2.05, 4.69) is 0 Å². The Morgan fingerprint density at radius 3 is 1.42 bits per heavy atom. The van der Waals surface area contributed by atoms with Gasteiger partial charge < -0.3 is 81.6 Å². The first-order valence-electron chi connectivity index (χ1n) is 22.3. The minimum absolute atomic E-state index is 0.0256. The second kappa shape index (κ2) is 25.7. The van der Waals surface area contributed by atoms with Crippen molar-refractivity contribution in [1.29, 1.82) is 0 Å². The third-order valence-electron chi connectivity index (χ3n) is 10.6. The maximum absolute atomic E-state index is 13.5. The summed E-state index contributed by atoms with van der Waals surface area (Å²) in [4.78, 5) is 23.9. The molecule has 6 unspecified atom stereocenters. The number of aliphatic hydroxyl groups is 3. The van der Waals surface area contributed by atoms with E-state index >= 15 is 0 Å². The maximum atomic E-state index is 13.5. The summed E-state index contributed by atoms with van der Waals surface area (Å²) >= 11 is 0. The van der Waals surface area contributed by atoms with E-state index in [-0.39, 0.29) is 37.9 Å². The molecule has 390 valence electrons. The Bertz CT molecular complexity index is 1570. The maximum Gasteiger partial charge on any atom is 0.336 e. The van der Waals surface area contributed by atoms with E-state index in [4.69, 9.17) is 60.6 Å². The van der Waals surface area contributed by atoms with Crippen molar-refractivity contribution in [1.82, 2.24) is 0 Å². The van der Waals surface area contributed by atoms with Crippen LogP contribution in [0, 0.1) is 5.92 Å². The van der Waals surface area contributed by atoms with Gasteiger partial charge in [0, 0.05) is 5.92 Å². The molecule has 4 fully saturated rings. The lowest BCUT2D eigenvalue weighted by Crippen LogP contribution is -2.42. The summed E-state index contributed by atoms with van der Waals surface area (Å²) in [6.07, 6.45) is -12.1. The van der Waals surface area contributed by atoms with E-state index in [1.54, 1.807) is 36.8 Å². The molecule has 0 saturated carbocycles. The molecule has 0 spiro atoms. The Balaban J connectivity index is 0.000000440. The topological polar surface area (TPSA) is 286 Å². The lowest BCUT2D eigenvalue weighted by molar-refractivity contribution is -0.301. The molecule has 0 aromatic carbocycles. The van der Waals surface area contributed by atoms with E-state index in [0.29, 0.717) is 6.61 Å². The highest BCUT2D eigenvalue weighted by molar-refractivity contribution is 7.54. The Hall–Kier alpha value is -0.610. The zero-order valence-corrected chi connectivity index (χ0v) is 44.2. The van der Waals surface area contributed by atoms with Crippen LogP contribution < -0.4 is 10.00 Å². The number of carboxylic acids is 1. The Morgan fingerprint density at radius 2 is 1.02 bits per heavy atom. The third kappa shape index (κ3) is 19.9. The van der Waals surface area contributed by atoms with Crippen molar-refractivity contribution in [2.75, 3.05) is 32.6 Å². The van der Waals surface area contributed by atoms with E-state index in [9.17, 15) is 39.2 Å². The normalized spacial score (nSPS) is 36.9. The van der Waals surface area contributed by atoms with Crippen molar-refractivity contribution in [3.63, 3.8) is 0 Å². The molecule has 0 aliphatic carbocycles. The van der Waals surface area contributed by atoms with Crippen LogP contribution >= 0.6 is 24.5 Å². The average molecular weight is 1010 g/mol. The summed E-state index contributed by atoms with van der Waals surface area (Å²) in [6, 6.07) is 0. The van der Waals surface area contributed by atoms with Crippen LogP contribution in [0.15, 0.2) is 0 Å². The number of phosphoric acid groups is 1. The van der Waals surface area contributed by atoms with Gasteiger partial charge in [0.15, 0.2) is 0 Å². The predicted octanol–water partition coefficient (Wildman–Crippen LogP) is 3.14. The van der Waals surface area contributed by atoms with Gasteiger partial charge in [-0.1, -0.05) is 6.92 Å². The molecule has 24 heteroatoms. The highest BCUT2D eigenvalue weighted by atomic mass is 31.2. The van der Waals surface area contributed by atoms with Gasteiger partial charge in [0.2, 0.25) is 0 Å². The molecule has 0 bridgehead atoms. The fraction of sp³-hybridized carbons (Fsp3) is 0.976. The number of carboxylic acid groups (broad SMARTS) is 1. The number of rotatable bonds is 19. The Morgan fingerprint density at radius 1 is 0.606 bits per heavy atom.